The second-order valence-electron chi connectivity index (χ2n) is 4.61. The molecule has 2 aromatic rings. The first-order chi connectivity index (χ1) is 8.11. The van der Waals surface area contributed by atoms with Crippen LogP contribution in [0.4, 0.5) is 0 Å². The molecule has 0 saturated carbocycles. The molecule has 1 atom stereocenters. The summed E-state index contributed by atoms with van der Waals surface area (Å²) in [6, 6.07) is 14.7. The van der Waals surface area contributed by atoms with Crippen LogP contribution in [0, 0.1) is 0 Å². The van der Waals surface area contributed by atoms with Crippen LogP contribution >= 0.6 is 11.8 Å². The highest BCUT2D eigenvalue weighted by Gasteiger charge is 2.17. The molecule has 17 heavy (non-hydrogen) atoms. The quantitative estimate of drug-likeness (QED) is 0.816. The molecular formula is C14H17NOS. The number of aliphatic hydroxyl groups is 1. The van der Waals surface area contributed by atoms with Crippen molar-refractivity contribution >= 4 is 22.5 Å². The standard InChI is InChI=1S/C14H17NOS/c1-14(15,9-16)10-17-13-7-6-11-4-2-3-5-12(11)8-13/h2-8,16H,9-10,15H2,1H3. The van der Waals surface area contributed by atoms with Gasteiger partial charge in [0.2, 0.25) is 0 Å². The van der Waals surface area contributed by atoms with Crippen LogP contribution < -0.4 is 5.73 Å². The van der Waals surface area contributed by atoms with E-state index in [1.807, 2.05) is 19.1 Å². The third-order valence-corrected chi connectivity index (χ3v) is 4.04. The molecule has 0 saturated heterocycles. The van der Waals surface area contributed by atoms with Gasteiger partial charge in [-0.15, -0.1) is 11.8 Å². The molecule has 3 heteroatoms. The van der Waals surface area contributed by atoms with Gasteiger partial charge in [-0.1, -0.05) is 30.3 Å². The van der Waals surface area contributed by atoms with Crippen molar-refractivity contribution in [2.24, 2.45) is 5.73 Å². The third kappa shape index (κ3) is 3.22. The Morgan fingerprint density at radius 3 is 2.59 bits per heavy atom. The fraction of sp³-hybridized carbons (Fsp3) is 0.286. The van der Waals surface area contributed by atoms with Gasteiger partial charge < -0.3 is 10.8 Å². The molecule has 2 rings (SSSR count). The minimum absolute atomic E-state index is 0.00752. The number of aliphatic hydroxyl groups excluding tert-OH is 1. The highest BCUT2D eigenvalue weighted by molar-refractivity contribution is 7.99. The molecule has 0 aromatic heterocycles. The number of rotatable bonds is 4. The lowest BCUT2D eigenvalue weighted by molar-refractivity contribution is 0.224. The predicted octanol–water partition coefficient (Wildman–Crippen LogP) is 2.64. The fourth-order valence-electron chi connectivity index (χ4n) is 1.55. The number of fused-ring (bicyclic) bond motifs is 1. The van der Waals surface area contributed by atoms with Gasteiger partial charge >= 0.3 is 0 Å². The van der Waals surface area contributed by atoms with Crippen molar-refractivity contribution in [1.29, 1.82) is 0 Å². The van der Waals surface area contributed by atoms with E-state index in [-0.39, 0.29) is 6.61 Å². The molecule has 0 fully saturated rings. The van der Waals surface area contributed by atoms with Crippen LogP contribution in [0.2, 0.25) is 0 Å². The molecule has 0 aliphatic carbocycles. The van der Waals surface area contributed by atoms with Crippen LogP contribution in [0.3, 0.4) is 0 Å². The van der Waals surface area contributed by atoms with E-state index in [4.69, 9.17) is 10.8 Å². The van der Waals surface area contributed by atoms with E-state index >= 15 is 0 Å². The van der Waals surface area contributed by atoms with E-state index < -0.39 is 5.54 Å². The summed E-state index contributed by atoms with van der Waals surface area (Å²) in [5.74, 6) is 0.710. The highest BCUT2D eigenvalue weighted by Crippen LogP contribution is 2.25. The first-order valence-electron chi connectivity index (χ1n) is 5.62. The Kier molecular flexibility index (Phi) is 3.72. The van der Waals surface area contributed by atoms with Gasteiger partial charge in [0.1, 0.15) is 0 Å². The second-order valence-corrected chi connectivity index (χ2v) is 5.66. The van der Waals surface area contributed by atoms with Crippen LogP contribution in [-0.2, 0) is 0 Å². The maximum Gasteiger partial charge on any atom is 0.0616 e. The summed E-state index contributed by atoms with van der Waals surface area (Å²) >= 11 is 1.68. The molecule has 1 unspecified atom stereocenters. The molecule has 0 heterocycles. The van der Waals surface area contributed by atoms with E-state index in [9.17, 15) is 0 Å². The van der Waals surface area contributed by atoms with E-state index in [0.717, 1.165) is 0 Å². The fourth-order valence-corrected chi connectivity index (χ4v) is 2.51. The minimum Gasteiger partial charge on any atom is -0.394 e. The molecule has 2 nitrogen and oxygen atoms in total. The Morgan fingerprint density at radius 1 is 1.18 bits per heavy atom. The summed E-state index contributed by atoms with van der Waals surface area (Å²) in [6.45, 7) is 1.87. The smallest absolute Gasteiger partial charge is 0.0616 e. The van der Waals surface area contributed by atoms with Gasteiger partial charge in [-0.25, -0.2) is 0 Å². The van der Waals surface area contributed by atoms with Crippen LogP contribution in [0.15, 0.2) is 47.4 Å². The largest absolute Gasteiger partial charge is 0.394 e. The third-order valence-electron chi connectivity index (χ3n) is 2.65. The molecule has 0 radical (unpaired) electrons. The van der Waals surface area contributed by atoms with Crippen molar-refractivity contribution in [1.82, 2.24) is 0 Å². The van der Waals surface area contributed by atoms with Gasteiger partial charge in [0.05, 0.1) is 6.61 Å². The zero-order valence-electron chi connectivity index (χ0n) is 9.89. The minimum atomic E-state index is -0.518. The molecule has 0 aliphatic rings. The normalized spacial score (nSPS) is 14.8. The summed E-state index contributed by atoms with van der Waals surface area (Å²) < 4.78 is 0. The number of benzene rings is 2. The van der Waals surface area contributed by atoms with Crippen molar-refractivity contribution in [2.45, 2.75) is 17.4 Å². The van der Waals surface area contributed by atoms with Crippen molar-refractivity contribution in [3.8, 4) is 0 Å². The highest BCUT2D eigenvalue weighted by atomic mass is 32.2. The van der Waals surface area contributed by atoms with Gasteiger partial charge in [0.25, 0.3) is 0 Å². The van der Waals surface area contributed by atoms with E-state index in [1.165, 1.54) is 15.7 Å². The topological polar surface area (TPSA) is 46.2 Å². The molecule has 0 bridgehead atoms. The van der Waals surface area contributed by atoms with Crippen LogP contribution in [-0.4, -0.2) is 23.0 Å². The van der Waals surface area contributed by atoms with Gasteiger partial charge in [-0.3, -0.25) is 0 Å². The Bertz CT molecular complexity index is 510. The lowest BCUT2D eigenvalue weighted by Gasteiger charge is -2.20. The molecule has 0 amide bonds. The van der Waals surface area contributed by atoms with Crippen LogP contribution in [0.5, 0.6) is 0 Å². The summed E-state index contributed by atoms with van der Waals surface area (Å²) in [6.07, 6.45) is 0. The summed E-state index contributed by atoms with van der Waals surface area (Å²) in [5, 5.41) is 11.6. The Morgan fingerprint density at radius 2 is 1.88 bits per heavy atom. The number of thioether (sulfide) groups is 1. The Hall–Kier alpha value is -1.03. The monoisotopic (exact) mass is 247 g/mol. The number of hydrogen-bond donors (Lipinski definition) is 2. The molecular weight excluding hydrogens is 230 g/mol. The SMILES string of the molecule is CC(N)(CO)CSc1ccc2ccccc2c1. The average molecular weight is 247 g/mol. The number of nitrogens with two attached hydrogens (primary N) is 1. The molecule has 0 aliphatic heterocycles. The van der Waals surface area contributed by atoms with Gasteiger partial charge in [0, 0.05) is 16.2 Å². The Labute approximate surface area is 106 Å². The summed E-state index contributed by atoms with van der Waals surface area (Å²) in [7, 11) is 0. The van der Waals surface area contributed by atoms with Crippen LogP contribution in [0.25, 0.3) is 10.8 Å². The molecule has 3 N–H and O–H groups in total. The van der Waals surface area contributed by atoms with Crippen molar-refractivity contribution in [3.05, 3.63) is 42.5 Å². The van der Waals surface area contributed by atoms with E-state index in [1.54, 1.807) is 11.8 Å². The molecule has 90 valence electrons. The van der Waals surface area contributed by atoms with Crippen molar-refractivity contribution in [2.75, 3.05) is 12.4 Å². The van der Waals surface area contributed by atoms with E-state index in [2.05, 4.69) is 30.3 Å². The second kappa shape index (κ2) is 5.08. The predicted molar refractivity (Wildman–Crippen MR) is 74.4 cm³/mol. The lowest BCUT2D eigenvalue weighted by atomic mass is 10.1. The zero-order valence-corrected chi connectivity index (χ0v) is 10.7. The molecule has 2 aromatic carbocycles. The first-order valence-corrected chi connectivity index (χ1v) is 6.61. The summed E-state index contributed by atoms with van der Waals surface area (Å²) in [4.78, 5) is 1.19. The van der Waals surface area contributed by atoms with Crippen LogP contribution in [0.1, 0.15) is 6.92 Å². The molecule has 0 spiro atoms. The average Bonchev–Trinajstić information content (AvgIpc) is 2.36. The zero-order chi connectivity index (χ0) is 12.3. The first kappa shape index (κ1) is 12.4. The number of hydrogen-bond acceptors (Lipinski definition) is 3. The maximum atomic E-state index is 9.11. The van der Waals surface area contributed by atoms with Gasteiger partial charge in [-0.2, -0.15) is 0 Å². The van der Waals surface area contributed by atoms with Gasteiger partial charge in [0.15, 0.2) is 0 Å². The van der Waals surface area contributed by atoms with Gasteiger partial charge in [-0.05, 0) is 29.8 Å². The maximum absolute atomic E-state index is 9.11. The lowest BCUT2D eigenvalue weighted by Crippen LogP contribution is -2.42. The van der Waals surface area contributed by atoms with Crippen molar-refractivity contribution < 1.29 is 5.11 Å². The Balaban J connectivity index is 2.14. The van der Waals surface area contributed by atoms with E-state index in [0.29, 0.717) is 5.75 Å². The summed E-state index contributed by atoms with van der Waals surface area (Å²) in [5.41, 5.74) is 5.39. The van der Waals surface area contributed by atoms with Crippen molar-refractivity contribution in [3.63, 3.8) is 0 Å².